The van der Waals surface area contributed by atoms with Crippen molar-refractivity contribution in [2.24, 2.45) is 0 Å². The van der Waals surface area contributed by atoms with Crippen LogP contribution in [0.2, 0.25) is 0 Å². The lowest BCUT2D eigenvalue weighted by Crippen LogP contribution is -2.24. The van der Waals surface area contributed by atoms with Gasteiger partial charge in [0.2, 0.25) is 0 Å². The summed E-state index contributed by atoms with van der Waals surface area (Å²) in [6.07, 6.45) is 3.94. The molecule has 0 aromatic heterocycles. The molecular weight excluding hydrogens is 226 g/mol. The summed E-state index contributed by atoms with van der Waals surface area (Å²) >= 11 is 0. The summed E-state index contributed by atoms with van der Waals surface area (Å²) in [6.45, 7) is 8.17. The van der Waals surface area contributed by atoms with Crippen LogP contribution in [-0.2, 0) is 4.79 Å². The third-order valence-corrected chi connectivity index (χ3v) is 2.80. The van der Waals surface area contributed by atoms with Gasteiger partial charge in [-0.3, -0.25) is 0 Å². The average molecular weight is 247 g/mol. The second-order valence-corrected chi connectivity index (χ2v) is 4.31. The van der Waals surface area contributed by atoms with E-state index in [1.807, 2.05) is 13.0 Å². The van der Waals surface area contributed by atoms with Crippen LogP contribution < -0.4 is 4.90 Å². The Morgan fingerprint density at radius 3 is 2.67 bits per heavy atom. The van der Waals surface area contributed by atoms with E-state index >= 15 is 0 Å². The molecule has 0 fully saturated rings. The lowest BCUT2D eigenvalue weighted by Gasteiger charge is -2.24. The van der Waals surface area contributed by atoms with Crippen molar-refractivity contribution in [3.8, 4) is 0 Å². The molecular formula is C15H21NO2. The molecule has 1 aromatic rings. The topological polar surface area (TPSA) is 40.5 Å². The molecule has 18 heavy (non-hydrogen) atoms. The fourth-order valence-electron chi connectivity index (χ4n) is 1.98. The minimum atomic E-state index is -0.916. The van der Waals surface area contributed by atoms with E-state index in [1.54, 1.807) is 6.08 Å². The van der Waals surface area contributed by atoms with Gasteiger partial charge in [-0.15, -0.1) is 0 Å². The Morgan fingerprint density at radius 2 is 2.11 bits per heavy atom. The predicted molar refractivity (Wildman–Crippen MR) is 76.0 cm³/mol. The van der Waals surface area contributed by atoms with Gasteiger partial charge in [-0.25, -0.2) is 4.79 Å². The first-order valence-corrected chi connectivity index (χ1v) is 6.35. The van der Waals surface area contributed by atoms with Crippen molar-refractivity contribution in [3.63, 3.8) is 0 Å². The molecule has 0 aliphatic heterocycles. The Labute approximate surface area is 109 Å². The molecule has 98 valence electrons. The largest absolute Gasteiger partial charge is 0.478 e. The van der Waals surface area contributed by atoms with Gasteiger partial charge >= 0.3 is 5.97 Å². The summed E-state index contributed by atoms with van der Waals surface area (Å²) in [7, 11) is 0. The van der Waals surface area contributed by atoms with Crippen LogP contribution in [0, 0.1) is 6.92 Å². The van der Waals surface area contributed by atoms with Gasteiger partial charge in [0.05, 0.1) is 0 Å². The van der Waals surface area contributed by atoms with Crippen LogP contribution in [0.3, 0.4) is 0 Å². The average Bonchev–Trinajstić information content (AvgIpc) is 2.34. The van der Waals surface area contributed by atoms with Crippen molar-refractivity contribution in [3.05, 3.63) is 35.4 Å². The number of aryl methyl sites for hydroxylation is 1. The van der Waals surface area contributed by atoms with Crippen LogP contribution in [0.15, 0.2) is 24.3 Å². The molecule has 0 saturated carbocycles. The Balaban J connectivity index is 3.12. The second-order valence-electron chi connectivity index (χ2n) is 4.31. The van der Waals surface area contributed by atoms with Crippen LogP contribution in [-0.4, -0.2) is 24.2 Å². The number of hydrogen-bond donors (Lipinski definition) is 1. The smallest absolute Gasteiger partial charge is 0.328 e. The van der Waals surface area contributed by atoms with Gasteiger partial charge in [0.25, 0.3) is 0 Å². The molecule has 0 unspecified atom stereocenters. The second kappa shape index (κ2) is 6.84. The van der Waals surface area contributed by atoms with E-state index in [0.29, 0.717) is 0 Å². The Hall–Kier alpha value is -1.77. The van der Waals surface area contributed by atoms with Gasteiger partial charge in [-0.2, -0.15) is 0 Å². The zero-order valence-electron chi connectivity index (χ0n) is 11.3. The summed E-state index contributed by atoms with van der Waals surface area (Å²) in [5.74, 6) is -0.916. The van der Waals surface area contributed by atoms with E-state index in [1.165, 1.54) is 6.08 Å². The monoisotopic (exact) mass is 247 g/mol. The van der Waals surface area contributed by atoms with Crippen LogP contribution in [0.5, 0.6) is 0 Å². The number of anilines is 1. The van der Waals surface area contributed by atoms with Gasteiger partial charge in [-0.05, 0) is 44.0 Å². The molecule has 0 amide bonds. The summed E-state index contributed by atoms with van der Waals surface area (Å²) in [5, 5.41) is 8.73. The number of aliphatic carboxylic acids is 1. The summed E-state index contributed by atoms with van der Waals surface area (Å²) in [5.41, 5.74) is 3.20. The van der Waals surface area contributed by atoms with E-state index in [0.717, 1.165) is 36.3 Å². The van der Waals surface area contributed by atoms with E-state index in [9.17, 15) is 4.79 Å². The number of benzene rings is 1. The minimum Gasteiger partial charge on any atom is -0.478 e. The molecule has 1 N–H and O–H groups in total. The highest BCUT2D eigenvalue weighted by Crippen LogP contribution is 2.23. The zero-order chi connectivity index (χ0) is 13.5. The van der Waals surface area contributed by atoms with E-state index in [-0.39, 0.29) is 0 Å². The van der Waals surface area contributed by atoms with Crippen LogP contribution >= 0.6 is 0 Å². The molecule has 0 atom stereocenters. The van der Waals surface area contributed by atoms with Crippen LogP contribution in [0.4, 0.5) is 5.69 Å². The summed E-state index contributed by atoms with van der Waals surface area (Å²) in [6, 6.07) is 6.15. The molecule has 0 aliphatic carbocycles. The fourth-order valence-corrected chi connectivity index (χ4v) is 1.98. The van der Waals surface area contributed by atoms with Crippen molar-refractivity contribution in [1.82, 2.24) is 0 Å². The van der Waals surface area contributed by atoms with Crippen molar-refractivity contribution >= 4 is 17.7 Å². The quantitative estimate of drug-likeness (QED) is 0.784. The molecule has 0 radical (unpaired) electrons. The highest BCUT2D eigenvalue weighted by Gasteiger charge is 2.07. The van der Waals surface area contributed by atoms with Crippen LogP contribution in [0.1, 0.15) is 31.4 Å². The van der Waals surface area contributed by atoms with Gasteiger partial charge in [0.1, 0.15) is 0 Å². The normalized spacial score (nSPS) is 10.8. The standard InChI is InChI=1S/C15H21NO2/c1-4-10-16(5-2)14-8-6-12(3)11-13(14)7-9-15(17)18/h6-9,11H,4-5,10H2,1-3H3,(H,17,18)/b9-7+. The van der Waals surface area contributed by atoms with E-state index in [4.69, 9.17) is 5.11 Å². The maximum Gasteiger partial charge on any atom is 0.328 e. The third kappa shape index (κ3) is 3.91. The molecule has 1 rings (SSSR count). The summed E-state index contributed by atoms with van der Waals surface area (Å²) in [4.78, 5) is 12.9. The Bertz CT molecular complexity index is 438. The molecule has 0 spiro atoms. The minimum absolute atomic E-state index is 0.916. The highest BCUT2D eigenvalue weighted by atomic mass is 16.4. The maximum absolute atomic E-state index is 10.6. The zero-order valence-corrected chi connectivity index (χ0v) is 11.3. The van der Waals surface area contributed by atoms with E-state index < -0.39 is 5.97 Å². The van der Waals surface area contributed by atoms with Gasteiger partial charge in [-0.1, -0.05) is 18.6 Å². The van der Waals surface area contributed by atoms with Gasteiger partial charge < -0.3 is 10.0 Å². The molecule has 1 aromatic carbocycles. The van der Waals surface area contributed by atoms with Gasteiger partial charge in [0.15, 0.2) is 0 Å². The number of carboxylic acids is 1. The van der Waals surface area contributed by atoms with Crippen molar-refractivity contribution in [2.45, 2.75) is 27.2 Å². The van der Waals surface area contributed by atoms with Crippen molar-refractivity contribution < 1.29 is 9.90 Å². The van der Waals surface area contributed by atoms with Crippen molar-refractivity contribution in [2.75, 3.05) is 18.0 Å². The number of carboxylic acid groups (broad SMARTS) is 1. The number of nitrogens with zero attached hydrogens (tertiary/aromatic N) is 1. The molecule has 0 saturated heterocycles. The van der Waals surface area contributed by atoms with Crippen molar-refractivity contribution in [1.29, 1.82) is 0 Å². The number of rotatable bonds is 6. The molecule has 3 nitrogen and oxygen atoms in total. The molecule has 3 heteroatoms. The maximum atomic E-state index is 10.6. The first-order valence-electron chi connectivity index (χ1n) is 6.35. The lowest BCUT2D eigenvalue weighted by molar-refractivity contribution is -0.131. The SMILES string of the molecule is CCCN(CC)c1ccc(C)cc1/C=C/C(=O)O. The van der Waals surface area contributed by atoms with Crippen LogP contribution in [0.25, 0.3) is 6.08 Å². The Morgan fingerprint density at radius 1 is 1.39 bits per heavy atom. The van der Waals surface area contributed by atoms with E-state index in [2.05, 4.69) is 30.9 Å². The first-order chi connectivity index (χ1) is 8.58. The Kier molecular flexibility index (Phi) is 5.43. The molecule has 0 heterocycles. The summed E-state index contributed by atoms with van der Waals surface area (Å²) < 4.78 is 0. The molecule has 0 aliphatic rings. The van der Waals surface area contributed by atoms with Gasteiger partial charge in [0, 0.05) is 24.9 Å². The fraction of sp³-hybridized carbons (Fsp3) is 0.400. The number of hydrogen-bond acceptors (Lipinski definition) is 2. The molecule has 0 bridgehead atoms. The number of carbonyl (C=O) groups is 1. The predicted octanol–water partition coefficient (Wildman–Crippen LogP) is 3.33. The first kappa shape index (κ1) is 14.3. The highest BCUT2D eigenvalue weighted by molar-refractivity contribution is 5.87. The third-order valence-electron chi connectivity index (χ3n) is 2.80. The lowest BCUT2D eigenvalue weighted by atomic mass is 10.1.